The molecule has 0 bridgehead atoms. The lowest BCUT2D eigenvalue weighted by molar-refractivity contribution is 0.169. The van der Waals surface area contributed by atoms with Crippen molar-refractivity contribution in [2.75, 3.05) is 13.1 Å². The highest BCUT2D eigenvalue weighted by atomic mass is 16.5. The van der Waals surface area contributed by atoms with Gasteiger partial charge in [0.25, 0.3) is 0 Å². The fourth-order valence-electron chi connectivity index (χ4n) is 2.37. The molecule has 3 rings (SSSR count). The molecule has 2 aromatic rings. The minimum atomic E-state index is 0.287. The average molecular weight is 231 g/mol. The summed E-state index contributed by atoms with van der Waals surface area (Å²) in [6.07, 6.45) is 6.44. The van der Waals surface area contributed by atoms with Gasteiger partial charge < -0.3 is 14.6 Å². The summed E-state index contributed by atoms with van der Waals surface area (Å²) in [4.78, 5) is 4.36. The molecule has 1 atom stereocenters. The molecule has 1 saturated heterocycles. The van der Waals surface area contributed by atoms with E-state index in [0.29, 0.717) is 0 Å². The molecule has 1 fully saturated rings. The van der Waals surface area contributed by atoms with Crippen LogP contribution in [0.1, 0.15) is 12.8 Å². The van der Waals surface area contributed by atoms with Crippen LogP contribution in [0.3, 0.4) is 0 Å². The van der Waals surface area contributed by atoms with E-state index in [0.717, 1.165) is 36.3 Å². The van der Waals surface area contributed by atoms with Crippen molar-refractivity contribution in [3.8, 4) is 5.75 Å². The Kier molecular flexibility index (Phi) is 2.73. The summed E-state index contributed by atoms with van der Waals surface area (Å²) < 4.78 is 8.08. The molecule has 0 aliphatic carbocycles. The molecule has 17 heavy (non-hydrogen) atoms. The molecule has 0 aromatic carbocycles. The zero-order chi connectivity index (χ0) is 11.7. The molecule has 2 aromatic heterocycles. The van der Waals surface area contributed by atoms with Crippen LogP contribution in [0.4, 0.5) is 0 Å². The minimum Gasteiger partial charge on any atom is -0.487 e. The largest absolute Gasteiger partial charge is 0.487 e. The number of nitrogens with zero attached hydrogens (tertiary/aromatic N) is 2. The van der Waals surface area contributed by atoms with E-state index in [-0.39, 0.29) is 6.10 Å². The maximum Gasteiger partial charge on any atom is 0.146 e. The molecule has 4 nitrogen and oxygen atoms in total. The molecule has 1 aliphatic rings. The summed E-state index contributed by atoms with van der Waals surface area (Å²) in [5.41, 5.74) is 0.978. The molecule has 4 heteroatoms. The van der Waals surface area contributed by atoms with E-state index in [1.165, 1.54) is 6.42 Å². The molecular weight excluding hydrogens is 214 g/mol. The van der Waals surface area contributed by atoms with Gasteiger partial charge in [-0.3, -0.25) is 0 Å². The van der Waals surface area contributed by atoms with Gasteiger partial charge in [0.15, 0.2) is 0 Å². The molecular formula is C13H17N3O. The van der Waals surface area contributed by atoms with Gasteiger partial charge in [-0.2, -0.15) is 0 Å². The smallest absolute Gasteiger partial charge is 0.146 e. The fraction of sp³-hybridized carbons (Fsp3) is 0.462. The summed E-state index contributed by atoms with van der Waals surface area (Å²) in [6, 6.07) is 4.02. The third-order valence-electron chi connectivity index (χ3n) is 3.24. The third-order valence-corrected chi connectivity index (χ3v) is 3.24. The molecule has 90 valence electrons. The zero-order valence-corrected chi connectivity index (χ0v) is 10.0. The van der Waals surface area contributed by atoms with Crippen LogP contribution < -0.4 is 10.1 Å². The van der Waals surface area contributed by atoms with E-state index >= 15 is 0 Å². The van der Waals surface area contributed by atoms with Gasteiger partial charge >= 0.3 is 0 Å². The van der Waals surface area contributed by atoms with Gasteiger partial charge in [0.05, 0.1) is 5.39 Å². The predicted molar refractivity (Wildman–Crippen MR) is 67.2 cm³/mol. The van der Waals surface area contributed by atoms with Gasteiger partial charge in [0.2, 0.25) is 0 Å². The second kappa shape index (κ2) is 4.37. The Morgan fingerprint density at radius 3 is 3.29 bits per heavy atom. The quantitative estimate of drug-likeness (QED) is 0.855. The van der Waals surface area contributed by atoms with Crippen molar-refractivity contribution in [1.82, 2.24) is 14.9 Å². The topological polar surface area (TPSA) is 39.1 Å². The van der Waals surface area contributed by atoms with Crippen LogP contribution in [0, 0.1) is 0 Å². The summed E-state index contributed by atoms with van der Waals surface area (Å²) >= 11 is 0. The summed E-state index contributed by atoms with van der Waals surface area (Å²) in [7, 11) is 2.00. The van der Waals surface area contributed by atoms with Crippen LogP contribution in [-0.2, 0) is 7.05 Å². The predicted octanol–water partition coefficient (Wildman–Crippen LogP) is 1.70. The normalized spacial score (nSPS) is 20.6. The SMILES string of the molecule is Cn1cc(OC2CCCNC2)c2cccnc21. The van der Waals surface area contributed by atoms with Gasteiger partial charge in [-0.1, -0.05) is 0 Å². The zero-order valence-electron chi connectivity index (χ0n) is 10.0. The lowest BCUT2D eigenvalue weighted by Gasteiger charge is -2.23. The highest BCUT2D eigenvalue weighted by Crippen LogP contribution is 2.27. The highest BCUT2D eigenvalue weighted by Gasteiger charge is 2.17. The van der Waals surface area contributed by atoms with Crippen molar-refractivity contribution >= 4 is 11.0 Å². The van der Waals surface area contributed by atoms with Crippen molar-refractivity contribution in [2.45, 2.75) is 18.9 Å². The number of fused-ring (bicyclic) bond motifs is 1. The van der Waals surface area contributed by atoms with E-state index in [4.69, 9.17) is 4.74 Å². The van der Waals surface area contributed by atoms with Crippen LogP contribution in [0.5, 0.6) is 5.75 Å². The molecule has 0 amide bonds. The molecule has 0 spiro atoms. The van der Waals surface area contributed by atoms with Crippen molar-refractivity contribution in [3.05, 3.63) is 24.5 Å². The Bertz CT molecular complexity index is 514. The van der Waals surface area contributed by atoms with E-state index in [2.05, 4.69) is 16.4 Å². The van der Waals surface area contributed by atoms with Crippen molar-refractivity contribution in [3.63, 3.8) is 0 Å². The highest BCUT2D eigenvalue weighted by molar-refractivity contribution is 5.83. The van der Waals surface area contributed by atoms with Crippen LogP contribution in [0.2, 0.25) is 0 Å². The fourth-order valence-corrected chi connectivity index (χ4v) is 2.37. The number of aromatic nitrogens is 2. The first-order valence-corrected chi connectivity index (χ1v) is 6.12. The van der Waals surface area contributed by atoms with Gasteiger partial charge in [-0.05, 0) is 31.5 Å². The van der Waals surface area contributed by atoms with Gasteiger partial charge in [-0.25, -0.2) is 4.98 Å². The van der Waals surface area contributed by atoms with Crippen molar-refractivity contribution < 1.29 is 4.74 Å². The molecule has 3 heterocycles. The first kappa shape index (κ1) is 10.6. The summed E-state index contributed by atoms with van der Waals surface area (Å²) in [5.74, 6) is 0.948. The first-order chi connectivity index (χ1) is 8.34. The lowest BCUT2D eigenvalue weighted by atomic mass is 10.1. The Balaban J connectivity index is 1.89. The maximum absolute atomic E-state index is 6.07. The molecule has 1 unspecified atom stereocenters. The van der Waals surface area contributed by atoms with Crippen molar-refractivity contribution in [1.29, 1.82) is 0 Å². The number of aryl methyl sites for hydroxylation is 1. The number of hydrogen-bond acceptors (Lipinski definition) is 3. The number of piperidine rings is 1. The van der Waals surface area contributed by atoms with Crippen LogP contribution in [-0.4, -0.2) is 28.7 Å². The standard InChI is InChI=1S/C13H17N3O/c1-16-9-12(11-5-3-7-15-13(11)16)17-10-4-2-6-14-8-10/h3,5,7,9-10,14H,2,4,6,8H2,1H3. The summed E-state index contributed by atoms with van der Waals surface area (Å²) in [5, 5.41) is 4.46. The monoisotopic (exact) mass is 231 g/mol. The average Bonchev–Trinajstić information content (AvgIpc) is 2.69. The van der Waals surface area contributed by atoms with Crippen LogP contribution >= 0.6 is 0 Å². The summed E-state index contributed by atoms with van der Waals surface area (Å²) in [6.45, 7) is 2.05. The molecule has 0 radical (unpaired) electrons. The maximum atomic E-state index is 6.07. The molecule has 1 N–H and O–H groups in total. The number of hydrogen-bond donors (Lipinski definition) is 1. The Morgan fingerprint density at radius 1 is 1.53 bits per heavy atom. The number of ether oxygens (including phenoxy) is 1. The van der Waals surface area contributed by atoms with Crippen molar-refractivity contribution in [2.24, 2.45) is 7.05 Å². The first-order valence-electron chi connectivity index (χ1n) is 6.12. The Hall–Kier alpha value is -1.55. The van der Waals surface area contributed by atoms with Gasteiger partial charge in [-0.15, -0.1) is 0 Å². The van der Waals surface area contributed by atoms with Gasteiger partial charge in [0, 0.05) is 26.0 Å². The van der Waals surface area contributed by atoms with E-state index in [1.807, 2.05) is 30.1 Å². The Labute approximate surface area is 101 Å². The minimum absolute atomic E-state index is 0.287. The number of rotatable bonds is 2. The lowest BCUT2D eigenvalue weighted by Crippen LogP contribution is -2.37. The Morgan fingerprint density at radius 2 is 2.47 bits per heavy atom. The molecule has 0 saturated carbocycles. The molecule has 1 aliphatic heterocycles. The van der Waals surface area contributed by atoms with E-state index in [1.54, 1.807) is 0 Å². The number of pyridine rings is 1. The second-order valence-corrected chi connectivity index (χ2v) is 4.57. The van der Waals surface area contributed by atoms with E-state index < -0.39 is 0 Å². The van der Waals surface area contributed by atoms with Crippen LogP contribution in [0.15, 0.2) is 24.5 Å². The van der Waals surface area contributed by atoms with E-state index in [9.17, 15) is 0 Å². The van der Waals surface area contributed by atoms with Gasteiger partial charge in [0.1, 0.15) is 17.5 Å². The third kappa shape index (κ3) is 2.00. The number of nitrogens with one attached hydrogen (secondary N) is 1. The second-order valence-electron chi connectivity index (χ2n) is 4.57. The van der Waals surface area contributed by atoms with Crippen LogP contribution in [0.25, 0.3) is 11.0 Å².